The minimum absolute atomic E-state index is 0.0786. The van der Waals surface area contributed by atoms with Gasteiger partial charge in [0.15, 0.2) is 0 Å². The van der Waals surface area contributed by atoms with E-state index >= 15 is 0 Å². The first-order valence-electron chi connectivity index (χ1n) is 6.69. The highest BCUT2D eigenvalue weighted by atomic mass is 16.2. The Hall–Kier alpha value is -2.25. The van der Waals surface area contributed by atoms with Gasteiger partial charge in [0, 0.05) is 38.3 Å². The van der Waals surface area contributed by atoms with E-state index in [4.69, 9.17) is 0 Å². The first kappa shape index (κ1) is 14.2. The maximum Gasteiger partial charge on any atom is 0.320 e. The van der Waals surface area contributed by atoms with Crippen LogP contribution >= 0.6 is 0 Å². The summed E-state index contributed by atoms with van der Waals surface area (Å²) in [5, 5.41) is 12.3. The molecule has 1 aliphatic rings. The minimum atomic E-state index is -0.299. The molecule has 0 radical (unpaired) electrons. The predicted octanol–water partition coefficient (Wildman–Crippen LogP) is 0.611. The maximum absolute atomic E-state index is 11.8. The zero-order chi connectivity index (χ0) is 14.5. The lowest BCUT2D eigenvalue weighted by molar-refractivity contribution is 0.216. The lowest BCUT2D eigenvalue weighted by atomic mass is 10.4. The number of urea groups is 2. The molecule has 4 amide bonds. The van der Waals surface area contributed by atoms with Crippen LogP contribution in [0.1, 0.15) is 19.9 Å². The molecule has 3 N–H and O–H groups in total. The van der Waals surface area contributed by atoms with Crippen LogP contribution in [0.4, 0.5) is 15.4 Å². The number of carbonyl (C=O) groups excluding carboxylic acids is 2. The number of carbonyl (C=O) groups is 2. The Balaban J connectivity index is 1.75. The lowest BCUT2D eigenvalue weighted by Gasteiger charge is -2.15. The van der Waals surface area contributed by atoms with Crippen LogP contribution in [0.25, 0.3) is 0 Å². The van der Waals surface area contributed by atoms with Crippen LogP contribution in [0.5, 0.6) is 0 Å². The Kier molecular flexibility index (Phi) is 4.44. The Morgan fingerprint density at radius 3 is 3.00 bits per heavy atom. The molecule has 0 spiro atoms. The molecular formula is C12H20N6O2. The van der Waals surface area contributed by atoms with Crippen LogP contribution in [0, 0.1) is 0 Å². The summed E-state index contributed by atoms with van der Waals surface area (Å²) in [6.45, 7) is 6.24. The first-order chi connectivity index (χ1) is 9.58. The molecule has 1 aliphatic heterocycles. The van der Waals surface area contributed by atoms with E-state index in [2.05, 4.69) is 21.0 Å². The van der Waals surface area contributed by atoms with E-state index in [0.717, 1.165) is 0 Å². The van der Waals surface area contributed by atoms with E-state index in [0.29, 0.717) is 32.0 Å². The summed E-state index contributed by atoms with van der Waals surface area (Å²) >= 11 is 0. The van der Waals surface area contributed by atoms with Gasteiger partial charge in [-0.25, -0.2) is 14.3 Å². The number of nitrogens with zero attached hydrogens (tertiary/aromatic N) is 3. The largest absolute Gasteiger partial charge is 0.336 e. The van der Waals surface area contributed by atoms with E-state index in [-0.39, 0.29) is 18.1 Å². The Labute approximate surface area is 117 Å². The lowest BCUT2D eigenvalue weighted by Crippen LogP contribution is -2.38. The Morgan fingerprint density at radius 1 is 1.55 bits per heavy atom. The van der Waals surface area contributed by atoms with Gasteiger partial charge in [0.05, 0.1) is 6.20 Å². The third-order valence-electron chi connectivity index (χ3n) is 3.01. The molecule has 1 fully saturated rings. The number of nitrogens with one attached hydrogen (secondary N) is 3. The predicted molar refractivity (Wildman–Crippen MR) is 74.6 cm³/mol. The normalized spacial score (nSPS) is 14.6. The minimum Gasteiger partial charge on any atom is -0.336 e. The second kappa shape index (κ2) is 6.27. The fourth-order valence-corrected chi connectivity index (χ4v) is 2.01. The van der Waals surface area contributed by atoms with Crippen molar-refractivity contribution in [2.24, 2.45) is 0 Å². The molecule has 2 rings (SSSR count). The van der Waals surface area contributed by atoms with Crippen molar-refractivity contribution in [2.45, 2.75) is 19.9 Å². The first-order valence-corrected chi connectivity index (χ1v) is 6.69. The number of amides is 4. The number of rotatable bonds is 5. The second-order valence-corrected chi connectivity index (χ2v) is 4.85. The van der Waals surface area contributed by atoms with Crippen molar-refractivity contribution in [3.05, 3.63) is 12.3 Å². The highest BCUT2D eigenvalue weighted by molar-refractivity contribution is 5.88. The number of anilines is 1. The van der Waals surface area contributed by atoms with Crippen molar-refractivity contribution in [3.63, 3.8) is 0 Å². The summed E-state index contributed by atoms with van der Waals surface area (Å²) < 4.78 is 1.73. The van der Waals surface area contributed by atoms with E-state index in [1.165, 1.54) is 0 Å². The van der Waals surface area contributed by atoms with Gasteiger partial charge in [0.25, 0.3) is 0 Å². The van der Waals surface area contributed by atoms with Crippen LogP contribution in [0.3, 0.4) is 0 Å². The van der Waals surface area contributed by atoms with Crippen LogP contribution < -0.4 is 16.0 Å². The van der Waals surface area contributed by atoms with Crippen molar-refractivity contribution in [1.82, 2.24) is 25.3 Å². The molecule has 1 aromatic heterocycles. The van der Waals surface area contributed by atoms with Crippen LogP contribution in [-0.2, 0) is 0 Å². The summed E-state index contributed by atoms with van der Waals surface area (Å²) in [5.41, 5.74) is 0. The average molecular weight is 280 g/mol. The van der Waals surface area contributed by atoms with Crippen molar-refractivity contribution in [2.75, 3.05) is 31.5 Å². The van der Waals surface area contributed by atoms with Gasteiger partial charge in [-0.1, -0.05) is 0 Å². The quantitative estimate of drug-likeness (QED) is 0.738. The smallest absolute Gasteiger partial charge is 0.320 e. The zero-order valence-electron chi connectivity index (χ0n) is 11.7. The summed E-state index contributed by atoms with van der Waals surface area (Å²) in [5.74, 6) is 0.649. The van der Waals surface area contributed by atoms with Crippen molar-refractivity contribution < 1.29 is 9.59 Å². The molecule has 1 aromatic rings. The fraction of sp³-hybridized carbons (Fsp3) is 0.583. The van der Waals surface area contributed by atoms with Crippen LogP contribution in [-0.4, -0.2) is 52.9 Å². The van der Waals surface area contributed by atoms with E-state index in [9.17, 15) is 9.59 Å². The highest BCUT2D eigenvalue weighted by Crippen LogP contribution is 2.12. The van der Waals surface area contributed by atoms with Gasteiger partial charge in [-0.05, 0) is 13.8 Å². The molecule has 1 saturated heterocycles. The third-order valence-corrected chi connectivity index (χ3v) is 3.01. The number of aromatic nitrogens is 2. The SMILES string of the molecule is CC(C)n1nccc1NC(=O)NCCN1CCNC1=O. The average Bonchev–Trinajstić information content (AvgIpc) is 2.99. The van der Waals surface area contributed by atoms with Gasteiger partial charge in [-0.2, -0.15) is 5.10 Å². The third kappa shape index (κ3) is 3.40. The fourth-order valence-electron chi connectivity index (χ4n) is 2.01. The van der Waals surface area contributed by atoms with Crippen LogP contribution in [0.2, 0.25) is 0 Å². The molecule has 0 bridgehead atoms. The van der Waals surface area contributed by atoms with E-state index in [1.807, 2.05) is 13.8 Å². The molecule has 2 heterocycles. The molecule has 8 heteroatoms. The van der Waals surface area contributed by atoms with Gasteiger partial charge in [-0.15, -0.1) is 0 Å². The molecule has 0 atom stereocenters. The molecule has 0 aliphatic carbocycles. The van der Waals surface area contributed by atoms with Gasteiger partial charge in [0.2, 0.25) is 0 Å². The van der Waals surface area contributed by atoms with Gasteiger partial charge in [0.1, 0.15) is 5.82 Å². The summed E-state index contributed by atoms with van der Waals surface area (Å²) in [6, 6.07) is 1.54. The van der Waals surface area contributed by atoms with E-state index < -0.39 is 0 Å². The maximum atomic E-state index is 11.8. The zero-order valence-corrected chi connectivity index (χ0v) is 11.7. The molecule has 8 nitrogen and oxygen atoms in total. The number of hydrogen-bond donors (Lipinski definition) is 3. The molecule has 110 valence electrons. The molecule has 0 aromatic carbocycles. The summed E-state index contributed by atoms with van der Waals surface area (Å²) in [7, 11) is 0. The highest BCUT2D eigenvalue weighted by Gasteiger charge is 2.18. The monoisotopic (exact) mass is 280 g/mol. The second-order valence-electron chi connectivity index (χ2n) is 4.85. The molecule has 20 heavy (non-hydrogen) atoms. The van der Waals surface area contributed by atoms with Crippen molar-refractivity contribution in [3.8, 4) is 0 Å². The molecular weight excluding hydrogens is 260 g/mol. The number of hydrogen-bond acceptors (Lipinski definition) is 3. The molecule has 0 saturated carbocycles. The standard InChI is InChI=1S/C12H20N6O2/c1-9(2)18-10(3-4-15-18)16-11(19)13-5-7-17-8-6-14-12(17)20/h3-4,9H,5-8H2,1-2H3,(H,14,20)(H2,13,16,19). The Bertz CT molecular complexity index is 484. The van der Waals surface area contributed by atoms with Gasteiger partial charge < -0.3 is 15.5 Å². The van der Waals surface area contributed by atoms with Crippen molar-refractivity contribution >= 4 is 17.9 Å². The van der Waals surface area contributed by atoms with E-state index in [1.54, 1.807) is 21.8 Å². The van der Waals surface area contributed by atoms with Crippen molar-refractivity contribution in [1.29, 1.82) is 0 Å². The topological polar surface area (TPSA) is 91.3 Å². The van der Waals surface area contributed by atoms with Crippen LogP contribution in [0.15, 0.2) is 12.3 Å². The van der Waals surface area contributed by atoms with Gasteiger partial charge in [-0.3, -0.25) is 5.32 Å². The summed E-state index contributed by atoms with van der Waals surface area (Å²) in [6.07, 6.45) is 1.64. The van der Waals surface area contributed by atoms with Gasteiger partial charge >= 0.3 is 12.1 Å². The Morgan fingerprint density at radius 2 is 2.35 bits per heavy atom. The molecule has 0 unspecified atom stereocenters. The summed E-state index contributed by atoms with van der Waals surface area (Å²) in [4.78, 5) is 24.7.